The minimum absolute atomic E-state index is 0.0234. The lowest BCUT2D eigenvalue weighted by Crippen LogP contribution is -2.26. The number of carbonyl (C=O) groups excluding carboxylic acids is 2. The van der Waals surface area contributed by atoms with E-state index in [2.05, 4.69) is 10.1 Å². The summed E-state index contributed by atoms with van der Waals surface area (Å²) in [6.45, 7) is 0.221. The van der Waals surface area contributed by atoms with Gasteiger partial charge in [-0.1, -0.05) is 0 Å². The van der Waals surface area contributed by atoms with E-state index in [0.29, 0.717) is 6.42 Å². The van der Waals surface area contributed by atoms with Crippen LogP contribution in [-0.4, -0.2) is 36.6 Å². The van der Waals surface area contributed by atoms with E-state index >= 15 is 0 Å². The highest BCUT2D eigenvalue weighted by molar-refractivity contribution is 5.77. The number of ether oxygens (including phenoxy) is 1. The highest BCUT2D eigenvalue weighted by Gasteiger charge is 2.04. The molecule has 1 amide bonds. The van der Waals surface area contributed by atoms with Crippen molar-refractivity contribution in [2.24, 2.45) is 0 Å². The second-order valence-electron chi connectivity index (χ2n) is 2.92. The number of rotatable bonds is 7. The van der Waals surface area contributed by atoms with Gasteiger partial charge in [0.1, 0.15) is 0 Å². The van der Waals surface area contributed by atoms with E-state index in [9.17, 15) is 14.4 Å². The largest absolute Gasteiger partial charge is 0.481 e. The standard InChI is InChI=1S/C9H15NO5/c1-15-9(14)5-6-10-7(11)3-2-4-8(12)13/h2-6H2,1H3,(H,10,11)(H,12,13). The van der Waals surface area contributed by atoms with E-state index in [-0.39, 0.29) is 37.7 Å². The summed E-state index contributed by atoms with van der Waals surface area (Å²) in [4.78, 5) is 31.8. The number of carboxylic acids is 1. The van der Waals surface area contributed by atoms with Crippen molar-refractivity contribution in [3.8, 4) is 0 Å². The van der Waals surface area contributed by atoms with Gasteiger partial charge in [0.15, 0.2) is 0 Å². The van der Waals surface area contributed by atoms with Gasteiger partial charge < -0.3 is 15.2 Å². The van der Waals surface area contributed by atoms with Gasteiger partial charge in [0, 0.05) is 19.4 Å². The Morgan fingerprint density at radius 2 is 1.87 bits per heavy atom. The summed E-state index contributed by atoms with van der Waals surface area (Å²) in [6, 6.07) is 0. The van der Waals surface area contributed by atoms with E-state index in [1.807, 2.05) is 0 Å². The lowest BCUT2D eigenvalue weighted by atomic mass is 10.2. The van der Waals surface area contributed by atoms with E-state index in [1.54, 1.807) is 0 Å². The zero-order valence-corrected chi connectivity index (χ0v) is 8.62. The molecule has 0 aliphatic heterocycles. The summed E-state index contributed by atoms with van der Waals surface area (Å²) < 4.78 is 4.38. The number of carboxylic acid groups (broad SMARTS) is 1. The van der Waals surface area contributed by atoms with Crippen LogP contribution in [0.1, 0.15) is 25.7 Å². The zero-order valence-electron chi connectivity index (χ0n) is 8.62. The monoisotopic (exact) mass is 217 g/mol. The Hall–Kier alpha value is -1.59. The second kappa shape index (κ2) is 7.78. The molecule has 6 nitrogen and oxygen atoms in total. The normalized spacial score (nSPS) is 9.40. The quantitative estimate of drug-likeness (QED) is 0.582. The molecule has 0 heterocycles. The van der Waals surface area contributed by atoms with Crippen LogP contribution in [0.2, 0.25) is 0 Å². The summed E-state index contributed by atoms with van der Waals surface area (Å²) in [7, 11) is 1.27. The Morgan fingerprint density at radius 1 is 1.20 bits per heavy atom. The Kier molecular flexibility index (Phi) is 6.96. The Balaban J connectivity index is 3.41. The minimum Gasteiger partial charge on any atom is -0.481 e. The van der Waals surface area contributed by atoms with Crippen LogP contribution >= 0.6 is 0 Å². The molecule has 0 radical (unpaired) electrons. The number of amides is 1. The highest BCUT2D eigenvalue weighted by Crippen LogP contribution is 1.95. The van der Waals surface area contributed by atoms with Crippen LogP contribution in [0.15, 0.2) is 0 Å². The highest BCUT2D eigenvalue weighted by atomic mass is 16.5. The lowest BCUT2D eigenvalue weighted by Gasteiger charge is -2.03. The van der Waals surface area contributed by atoms with Crippen LogP contribution in [0.25, 0.3) is 0 Å². The molecule has 86 valence electrons. The Labute approximate surface area is 87.6 Å². The summed E-state index contributed by atoms with van der Waals surface area (Å²) in [6.07, 6.45) is 0.568. The molecule has 0 aliphatic carbocycles. The van der Waals surface area contributed by atoms with E-state index in [1.165, 1.54) is 7.11 Å². The molecule has 0 fully saturated rings. The molecule has 0 unspecified atom stereocenters. The van der Waals surface area contributed by atoms with Crippen LogP contribution in [0, 0.1) is 0 Å². The van der Waals surface area contributed by atoms with Crippen molar-refractivity contribution in [1.29, 1.82) is 0 Å². The third kappa shape index (κ3) is 8.73. The smallest absolute Gasteiger partial charge is 0.307 e. The maximum atomic E-state index is 11.0. The predicted octanol–water partition coefficient (Wildman–Crippen LogP) is -0.0794. The molecule has 2 N–H and O–H groups in total. The van der Waals surface area contributed by atoms with Crippen LogP contribution < -0.4 is 5.32 Å². The number of aliphatic carboxylic acids is 1. The third-order valence-electron chi connectivity index (χ3n) is 1.67. The molecule has 0 bridgehead atoms. The van der Waals surface area contributed by atoms with Crippen LogP contribution in [0.4, 0.5) is 0 Å². The van der Waals surface area contributed by atoms with Crippen molar-refractivity contribution >= 4 is 17.8 Å². The molecule has 0 atom stereocenters. The van der Waals surface area contributed by atoms with Crippen LogP contribution in [0.3, 0.4) is 0 Å². The van der Waals surface area contributed by atoms with Crippen molar-refractivity contribution in [1.82, 2.24) is 5.32 Å². The number of nitrogens with one attached hydrogen (secondary N) is 1. The van der Waals surface area contributed by atoms with E-state index < -0.39 is 5.97 Å². The summed E-state index contributed by atoms with van der Waals surface area (Å²) in [5.74, 6) is -1.56. The molecular formula is C9H15NO5. The fourth-order valence-corrected chi connectivity index (χ4v) is 0.895. The molecule has 0 aliphatic rings. The molecular weight excluding hydrogens is 202 g/mol. The molecule has 6 heteroatoms. The lowest BCUT2D eigenvalue weighted by molar-refractivity contribution is -0.140. The predicted molar refractivity (Wildman–Crippen MR) is 51.1 cm³/mol. The number of hydrogen-bond donors (Lipinski definition) is 2. The zero-order chi connectivity index (χ0) is 11.7. The van der Waals surface area contributed by atoms with Gasteiger partial charge in [0.25, 0.3) is 0 Å². The molecule has 0 spiro atoms. The molecule has 0 aromatic rings. The average molecular weight is 217 g/mol. The van der Waals surface area contributed by atoms with Gasteiger partial charge in [-0.2, -0.15) is 0 Å². The Bertz CT molecular complexity index is 239. The van der Waals surface area contributed by atoms with Gasteiger partial charge in [-0.05, 0) is 6.42 Å². The van der Waals surface area contributed by atoms with Gasteiger partial charge in [0.05, 0.1) is 13.5 Å². The average Bonchev–Trinajstić information content (AvgIpc) is 2.17. The van der Waals surface area contributed by atoms with Crippen LogP contribution in [-0.2, 0) is 19.1 Å². The second-order valence-corrected chi connectivity index (χ2v) is 2.92. The fraction of sp³-hybridized carbons (Fsp3) is 0.667. The molecule has 0 rings (SSSR count). The van der Waals surface area contributed by atoms with Gasteiger partial charge in [-0.25, -0.2) is 0 Å². The van der Waals surface area contributed by atoms with Crippen LogP contribution in [0.5, 0.6) is 0 Å². The number of esters is 1. The molecule has 0 aromatic heterocycles. The van der Waals surface area contributed by atoms with Gasteiger partial charge in [-0.15, -0.1) is 0 Å². The van der Waals surface area contributed by atoms with Crippen molar-refractivity contribution in [3.63, 3.8) is 0 Å². The summed E-state index contributed by atoms with van der Waals surface area (Å²) in [5.41, 5.74) is 0. The third-order valence-corrected chi connectivity index (χ3v) is 1.67. The van der Waals surface area contributed by atoms with Gasteiger partial charge in [-0.3, -0.25) is 14.4 Å². The van der Waals surface area contributed by atoms with Crippen molar-refractivity contribution < 1.29 is 24.2 Å². The SMILES string of the molecule is COC(=O)CCNC(=O)CCCC(=O)O. The minimum atomic E-state index is -0.919. The van der Waals surface area contributed by atoms with E-state index in [4.69, 9.17) is 5.11 Å². The topological polar surface area (TPSA) is 92.7 Å². The number of carbonyl (C=O) groups is 3. The fourth-order valence-electron chi connectivity index (χ4n) is 0.895. The van der Waals surface area contributed by atoms with Gasteiger partial charge in [0.2, 0.25) is 5.91 Å². The summed E-state index contributed by atoms with van der Waals surface area (Å²) >= 11 is 0. The van der Waals surface area contributed by atoms with Crippen molar-refractivity contribution in [2.75, 3.05) is 13.7 Å². The first-order valence-corrected chi connectivity index (χ1v) is 4.61. The maximum Gasteiger partial charge on any atom is 0.307 e. The maximum absolute atomic E-state index is 11.0. The first-order chi connectivity index (χ1) is 7.06. The van der Waals surface area contributed by atoms with Gasteiger partial charge >= 0.3 is 11.9 Å². The van der Waals surface area contributed by atoms with E-state index in [0.717, 1.165) is 0 Å². The molecule has 0 aromatic carbocycles. The number of hydrogen-bond acceptors (Lipinski definition) is 4. The van der Waals surface area contributed by atoms with Crippen molar-refractivity contribution in [3.05, 3.63) is 0 Å². The Morgan fingerprint density at radius 3 is 2.40 bits per heavy atom. The first-order valence-electron chi connectivity index (χ1n) is 4.61. The molecule has 0 saturated heterocycles. The van der Waals surface area contributed by atoms with Crippen molar-refractivity contribution in [2.45, 2.75) is 25.7 Å². The first kappa shape index (κ1) is 13.4. The summed E-state index contributed by atoms with van der Waals surface area (Å²) in [5, 5.41) is 10.8. The molecule has 0 saturated carbocycles. The molecule has 15 heavy (non-hydrogen) atoms. The number of methoxy groups -OCH3 is 1.